The number of ether oxygens (including phenoxy) is 1. The van der Waals surface area contributed by atoms with Gasteiger partial charge in [-0.3, -0.25) is 4.31 Å². The molecule has 1 rings (SSSR count). The predicted molar refractivity (Wildman–Crippen MR) is 71.0 cm³/mol. The van der Waals surface area contributed by atoms with E-state index >= 15 is 0 Å². The first kappa shape index (κ1) is 13.5. The van der Waals surface area contributed by atoms with Gasteiger partial charge in [-0.05, 0) is 38.2 Å². The van der Waals surface area contributed by atoms with Crippen LogP contribution < -0.4 is 10.1 Å². The molecular formula is C11H15N3O2S. The summed E-state index contributed by atoms with van der Waals surface area (Å²) in [6, 6.07) is 7.02. The Hall–Kier alpha value is -1.53. The molecule has 0 spiro atoms. The predicted octanol–water partition coefficient (Wildman–Crippen LogP) is 2.27. The summed E-state index contributed by atoms with van der Waals surface area (Å²) in [4.78, 5) is 15.2. The molecular weight excluding hydrogens is 238 g/mol. The topological polar surface area (TPSA) is 53.9 Å². The van der Waals surface area contributed by atoms with Crippen molar-refractivity contribution in [2.75, 3.05) is 21.1 Å². The Morgan fingerprint density at radius 3 is 2.94 bits per heavy atom. The zero-order valence-corrected chi connectivity index (χ0v) is 10.8. The molecule has 1 aromatic rings. The number of nitrogens with zero attached hydrogens (tertiary/aromatic N) is 2. The molecule has 5 nitrogen and oxygen atoms in total. The van der Waals surface area contributed by atoms with Crippen LogP contribution in [0.15, 0.2) is 29.3 Å². The van der Waals surface area contributed by atoms with Crippen molar-refractivity contribution in [1.82, 2.24) is 9.62 Å². The fraction of sp³-hybridized carbons (Fsp3) is 0.273. The molecule has 92 valence electrons. The summed E-state index contributed by atoms with van der Waals surface area (Å²) >= 11 is 1.47. The molecule has 1 aromatic carbocycles. The van der Waals surface area contributed by atoms with Crippen molar-refractivity contribution in [1.29, 1.82) is 0 Å². The summed E-state index contributed by atoms with van der Waals surface area (Å²) in [5.74, 6) is 0.467. The summed E-state index contributed by atoms with van der Waals surface area (Å²) in [5.41, 5.74) is 2.46. The monoisotopic (exact) mass is 253 g/mol. The highest BCUT2D eigenvalue weighted by Gasteiger charge is 2.01. The minimum atomic E-state index is -0.492. The number of amides is 1. The minimum absolute atomic E-state index is 0.467. The fourth-order valence-electron chi connectivity index (χ4n) is 0.964. The first-order valence-electron chi connectivity index (χ1n) is 4.98. The van der Waals surface area contributed by atoms with E-state index in [0.29, 0.717) is 5.75 Å². The number of hydrogen-bond donors (Lipinski definition) is 1. The standard InChI is InChI=1S/C11H15N3O2S/c1-12-11(15)16-10-6-4-5-9(7-10)13-8-17-14(2)3/h4-8H,1-3H3,(H,12,15). The second-order valence-electron chi connectivity index (χ2n) is 3.29. The summed E-state index contributed by atoms with van der Waals surface area (Å²) in [5, 5.41) is 2.38. The van der Waals surface area contributed by atoms with E-state index in [9.17, 15) is 4.79 Å². The van der Waals surface area contributed by atoms with E-state index in [1.807, 2.05) is 24.5 Å². The molecule has 1 amide bonds. The first-order valence-corrected chi connectivity index (χ1v) is 5.81. The number of carbonyl (C=O) groups excluding carboxylic acids is 1. The SMILES string of the molecule is CNC(=O)Oc1cccc(N=CSN(C)C)c1. The van der Waals surface area contributed by atoms with Gasteiger partial charge in [-0.1, -0.05) is 6.07 Å². The Balaban J connectivity index is 2.65. The largest absolute Gasteiger partial charge is 0.412 e. The number of rotatable bonds is 4. The van der Waals surface area contributed by atoms with E-state index in [0.717, 1.165) is 5.69 Å². The molecule has 17 heavy (non-hydrogen) atoms. The zero-order valence-electron chi connectivity index (χ0n) is 10.0. The zero-order chi connectivity index (χ0) is 12.7. The van der Waals surface area contributed by atoms with Crippen LogP contribution in [0.25, 0.3) is 0 Å². The molecule has 0 unspecified atom stereocenters. The van der Waals surface area contributed by atoms with Gasteiger partial charge in [-0.2, -0.15) is 0 Å². The lowest BCUT2D eigenvalue weighted by atomic mass is 10.3. The Morgan fingerprint density at radius 1 is 1.53 bits per heavy atom. The third-order valence-electron chi connectivity index (χ3n) is 1.69. The number of nitrogens with one attached hydrogen (secondary N) is 1. The Labute approximate surface area is 105 Å². The summed E-state index contributed by atoms with van der Waals surface area (Å²) in [7, 11) is 5.38. The maximum Gasteiger partial charge on any atom is 0.412 e. The van der Waals surface area contributed by atoms with Gasteiger partial charge in [0.25, 0.3) is 0 Å². The average molecular weight is 253 g/mol. The maximum absolute atomic E-state index is 11.0. The highest BCUT2D eigenvalue weighted by molar-refractivity contribution is 8.10. The molecule has 0 aliphatic carbocycles. The summed E-state index contributed by atoms with van der Waals surface area (Å²) < 4.78 is 6.92. The van der Waals surface area contributed by atoms with E-state index in [2.05, 4.69) is 10.3 Å². The molecule has 0 bridgehead atoms. The van der Waals surface area contributed by atoms with Gasteiger partial charge < -0.3 is 10.1 Å². The molecule has 0 saturated carbocycles. The van der Waals surface area contributed by atoms with Crippen LogP contribution in [-0.2, 0) is 0 Å². The van der Waals surface area contributed by atoms with Crippen LogP contribution in [0, 0.1) is 0 Å². The average Bonchev–Trinajstić information content (AvgIpc) is 2.29. The van der Waals surface area contributed by atoms with Crippen molar-refractivity contribution in [2.24, 2.45) is 4.99 Å². The quantitative estimate of drug-likeness (QED) is 0.508. The molecule has 0 atom stereocenters. The molecule has 0 aliphatic heterocycles. The van der Waals surface area contributed by atoms with Crippen molar-refractivity contribution in [2.45, 2.75) is 0 Å². The molecule has 6 heteroatoms. The number of benzene rings is 1. The fourth-order valence-corrected chi connectivity index (χ4v) is 1.32. The second kappa shape index (κ2) is 6.93. The highest BCUT2D eigenvalue weighted by Crippen LogP contribution is 2.20. The van der Waals surface area contributed by atoms with Gasteiger partial charge in [0.2, 0.25) is 0 Å². The van der Waals surface area contributed by atoms with Gasteiger partial charge >= 0.3 is 6.09 Å². The van der Waals surface area contributed by atoms with Crippen molar-refractivity contribution in [3.05, 3.63) is 24.3 Å². The van der Waals surface area contributed by atoms with Gasteiger partial charge in [0.05, 0.1) is 11.2 Å². The summed E-state index contributed by atoms with van der Waals surface area (Å²) in [6.07, 6.45) is -0.492. The van der Waals surface area contributed by atoms with Crippen LogP contribution in [0.5, 0.6) is 5.75 Å². The normalized spacial score (nSPS) is 10.8. The highest BCUT2D eigenvalue weighted by atomic mass is 32.2. The summed E-state index contributed by atoms with van der Waals surface area (Å²) in [6.45, 7) is 0. The first-order chi connectivity index (χ1) is 8.11. The smallest absolute Gasteiger partial charge is 0.410 e. The van der Waals surface area contributed by atoms with Gasteiger partial charge in [-0.25, -0.2) is 9.79 Å². The second-order valence-corrected chi connectivity index (χ2v) is 4.44. The molecule has 0 aromatic heterocycles. The Bertz CT molecular complexity index is 407. The van der Waals surface area contributed by atoms with Crippen LogP contribution in [0.3, 0.4) is 0 Å². The van der Waals surface area contributed by atoms with Crippen molar-refractivity contribution >= 4 is 29.3 Å². The van der Waals surface area contributed by atoms with Gasteiger partial charge in [0, 0.05) is 13.1 Å². The van der Waals surface area contributed by atoms with E-state index in [4.69, 9.17) is 4.74 Å². The van der Waals surface area contributed by atoms with Crippen LogP contribution >= 0.6 is 11.9 Å². The molecule has 0 fully saturated rings. The molecule has 0 radical (unpaired) electrons. The number of hydrogen-bond acceptors (Lipinski definition) is 5. The van der Waals surface area contributed by atoms with E-state index in [-0.39, 0.29) is 0 Å². The van der Waals surface area contributed by atoms with Crippen molar-refractivity contribution in [3.63, 3.8) is 0 Å². The van der Waals surface area contributed by atoms with Gasteiger partial charge in [0.15, 0.2) is 0 Å². The third-order valence-corrected chi connectivity index (χ3v) is 2.31. The lowest BCUT2D eigenvalue weighted by Crippen LogP contribution is -2.21. The van der Waals surface area contributed by atoms with Crippen molar-refractivity contribution < 1.29 is 9.53 Å². The van der Waals surface area contributed by atoms with E-state index < -0.39 is 6.09 Å². The van der Waals surface area contributed by atoms with Crippen LogP contribution in [0.4, 0.5) is 10.5 Å². The Morgan fingerprint density at radius 2 is 2.29 bits per heavy atom. The van der Waals surface area contributed by atoms with Crippen LogP contribution in [0.2, 0.25) is 0 Å². The van der Waals surface area contributed by atoms with Crippen LogP contribution in [-0.4, -0.2) is 37.1 Å². The van der Waals surface area contributed by atoms with Crippen LogP contribution in [0.1, 0.15) is 0 Å². The minimum Gasteiger partial charge on any atom is -0.410 e. The van der Waals surface area contributed by atoms with E-state index in [1.165, 1.54) is 19.0 Å². The number of aliphatic imine (C=N–C) groups is 1. The Kier molecular flexibility index (Phi) is 5.51. The van der Waals surface area contributed by atoms with Crippen molar-refractivity contribution in [3.8, 4) is 5.75 Å². The van der Waals surface area contributed by atoms with E-state index in [1.54, 1.807) is 23.7 Å². The molecule has 1 N–H and O–H groups in total. The molecule has 0 saturated heterocycles. The molecule has 0 aliphatic rings. The third kappa shape index (κ3) is 5.37. The lowest BCUT2D eigenvalue weighted by Gasteiger charge is -2.04. The number of carbonyl (C=O) groups is 1. The van der Waals surface area contributed by atoms with Gasteiger partial charge in [0.1, 0.15) is 5.75 Å². The lowest BCUT2D eigenvalue weighted by molar-refractivity contribution is 0.203. The molecule has 0 heterocycles. The van der Waals surface area contributed by atoms with Gasteiger partial charge in [-0.15, -0.1) is 0 Å². The maximum atomic E-state index is 11.0.